The highest BCUT2D eigenvalue weighted by Crippen LogP contribution is 2.23. The van der Waals surface area contributed by atoms with Crippen molar-refractivity contribution in [2.24, 2.45) is 0 Å². The Hall–Kier alpha value is -3.22. The van der Waals surface area contributed by atoms with Crippen LogP contribution < -0.4 is 10.3 Å². The number of nitrogens with zero attached hydrogens (tertiary/aromatic N) is 2. The fourth-order valence-corrected chi connectivity index (χ4v) is 2.16. The van der Waals surface area contributed by atoms with Crippen LogP contribution in [0.1, 0.15) is 17.3 Å². The number of carbonyl (C=O) groups is 1. The first-order chi connectivity index (χ1) is 11.6. The fourth-order valence-electron chi connectivity index (χ4n) is 2.16. The van der Waals surface area contributed by atoms with Crippen LogP contribution in [-0.2, 0) is 4.74 Å². The SMILES string of the molecule is CCOC(=O)c1c(Oc2cccc(F)c2)nc2ccccn2c1=O. The number of hydrogen-bond donors (Lipinski definition) is 0. The van der Waals surface area contributed by atoms with Gasteiger partial charge in [-0.1, -0.05) is 12.1 Å². The van der Waals surface area contributed by atoms with Crippen LogP contribution in [0.15, 0.2) is 53.5 Å². The van der Waals surface area contributed by atoms with E-state index in [0.717, 1.165) is 6.07 Å². The standard InChI is InChI=1S/C17H13FN2O4/c1-2-23-17(22)14-15(24-12-7-5-6-11(18)10-12)19-13-8-3-4-9-20(13)16(14)21/h3-10H,2H2,1H3. The van der Waals surface area contributed by atoms with E-state index in [1.165, 1.54) is 28.8 Å². The number of rotatable bonds is 4. The Labute approximate surface area is 136 Å². The maximum Gasteiger partial charge on any atom is 0.349 e. The van der Waals surface area contributed by atoms with Crippen molar-refractivity contribution in [2.45, 2.75) is 6.92 Å². The van der Waals surface area contributed by atoms with Crippen LogP contribution in [0.4, 0.5) is 4.39 Å². The molecule has 0 atom stereocenters. The third-order valence-electron chi connectivity index (χ3n) is 3.19. The Bertz CT molecular complexity index is 968. The van der Waals surface area contributed by atoms with Gasteiger partial charge in [0.2, 0.25) is 5.88 Å². The molecular formula is C17H13FN2O4. The van der Waals surface area contributed by atoms with E-state index >= 15 is 0 Å². The normalized spacial score (nSPS) is 10.6. The van der Waals surface area contributed by atoms with Crippen LogP contribution in [-0.4, -0.2) is 22.0 Å². The van der Waals surface area contributed by atoms with Crippen molar-refractivity contribution in [3.05, 3.63) is 70.4 Å². The number of hydrogen-bond acceptors (Lipinski definition) is 5. The summed E-state index contributed by atoms with van der Waals surface area (Å²) < 4.78 is 24.9. The predicted molar refractivity (Wildman–Crippen MR) is 83.9 cm³/mol. The van der Waals surface area contributed by atoms with E-state index in [4.69, 9.17) is 9.47 Å². The molecule has 0 saturated heterocycles. The molecule has 0 radical (unpaired) electrons. The molecular weight excluding hydrogens is 315 g/mol. The molecule has 122 valence electrons. The molecule has 0 aliphatic rings. The van der Waals surface area contributed by atoms with Crippen molar-refractivity contribution in [1.82, 2.24) is 9.38 Å². The van der Waals surface area contributed by atoms with E-state index in [2.05, 4.69) is 4.98 Å². The van der Waals surface area contributed by atoms with Gasteiger partial charge in [0.15, 0.2) is 5.56 Å². The molecule has 0 amide bonds. The summed E-state index contributed by atoms with van der Waals surface area (Å²) in [6, 6.07) is 10.2. The maximum atomic E-state index is 13.3. The molecule has 3 rings (SSSR count). The van der Waals surface area contributed by atoms with Gasteiger partial charge in [0, 0.05) is 12.3 Å². The summed E-state index contributed by atoms with van der Waals surface area (Å²) in [6.45, 7) is 1.71. The van der Waals surface area contributed by atoms with Gasteiger partial charge in [0.25, 0.3) is 5.56 Å². The summed E-state index contributed by atoms with van der Waals surface area (Å²) in [4.78, 5) is 28.9. The van der Waals surface area contributed by atoms with Gasteiger partial charge in [-0.05, 0) is 31.2 Å². The number of benzene rings is 1. The third-order valence-corrected chi connectivity index (χ3v) is 3.19. The summed E-state index contributed by atoms with van der Waals surface area (Å²) in [5.74, 6) is -1.47. The summed E-state index contributed by atoms with van der Waals surface area (Å²) >= 11 is 0. The van der Waals surface area contributed by atoms with Crippen molar-refractivity contribution < 1.29 is 18.7 Å². The lowest BCUT2D eigenvalue weighted by atomic mass is 10.3. The zero-order valence-corrected chi connectivity index (χ0v) is 12.7. The Morgan fingerprint density at radius 2 is 2.08 bits per heavy atom. The first kappa shape index (κ1) is 15.7. The highest BCUT2D eigenvalue weighted by molar-refractivity contribution is 5.91. The van der Waals surface area contributed by atoms with Crippen molar-refractivity contribution in [2.75, 3.05) is 6.61 Å². The van der Waals surface area contributed by atoms with Gasteiger partial charge in [0.05, 0.1) is 6.61 Å². The molecule has 1 aromatic carbocycles. The highest BCUT2D eigenvalue weighted by Gasteiger charge is 2.23. The number of aromatic nitrogens is 2. The molecule has 3 aromatic rings. The largest absolute Gasteiger partial charge is 0.462 e. The number of halogens is 1. The van der Waals surface area contributed by atoms with Crippen LogP contribution in [0, 0.1) is 5.82 Å². The van der Waals surface area contributed by atoms with Gasteiger partial charge in [-0.25, -0.2) is 9.18 Å². The molecule has 7 heteroatoms. The average molecular weight is 328 g/mol. The van der Waals surface area contributed by atoms with Crippen molar-refractivity contribution >= 4 is 11.6 Å². The van der Waals surface area contributed by atoms with Crippen molar-refractivity contribution in [3.63, 3.8) is 0 Å². The lowest BCUT2D eigenvalue weighted by Gasteiger charge is -2.11. The Morgan fingerprint density at radius 1 is 1.25 bits per heavy atom. The van der Waals surface area contributed by atoms with Gasteiger partial charge in [-0.15, -0.1) is 0 Å². The second kappa shape index (κ2) is 6.49. The lowest BCUT2D eigenvalue weighted by molar-refractivity contribution is 0.0520. The molecule has 0 N–H and O–H groups in total. The van der Waals surface area contributed by atoms with E-state index in [1.54, 1.807) is 25.1 Å². The minimum Gasteiger partial charge on any atom is -0.462 e. The molecule has 0 aliphatic carbocycles. The molecule has 2 aromatic heterocycles. The highest BCUT2D eigenvalue weighted by atomic mass is 19.1. The number of carbonyl (C=O) groups excluding carboxylic acids is 1. The third kappa shape index (κ3) is 2.96. The number of ether oxygens (including phenoxy) is 2. The predicted octanol–water partition coefficient (Wildman–Crippen LogP) is 2.80. The zero-order chi connectivity index (χ0) is 17.1. The molecule has 24 heavy (non-hydrogen) atoms. The van der Waals surface area contributed by atoms with Crippen LogP contribution in [0.2, 0.25) is 0 Å². The van der Waals surface area contributed by atoms with E-state index in [1.807, 2.05) is 0 Å². The fraction of sp³-hybridized carbons (Fsp3) is 0.118. The Balaban J connectivity index is 2.18. The van der Waals surface area contributed by atoms with Crippen molar-refractivity contribution in [3.8, 4) is 11.6 Å². The first-order valence-electron chi connectivity index (χ1n) is 7.22. The molecule has 0 saturated carbocycles. The van der Waals surface area contributed by atoms with Gasteiger partial charge >= 0.3 is 5.97 Å². The lowest BCUT2D eigenvalue weighted by Crippen LogP contribution is -2.25. The topological polar surface area (TPSA) is 69.9 Å². The van der Waals surface area contributed by atoms with Gasteiger partial charge in [-0.2, -0.15) is 4.98 Å². The second-order valence-electron chi connectivity index (χ2n) is 4.81. The van der Waals surface area contributed by atoms with Crippen LogP contribution in [0.25, 0.3) is 5.65 Å². The Kier molecular flexibility index (Phi) is 4.24. The summed E-state index contributed by atoms with van der Waals surface area (Å²) in [5, 5.41) is 0. The van der Waals surface area contributed by atoms with Crippen LogP contribution in [0.3, 0.4) is 0 Å². The van der Waals surface area contributed by atoms with Crippen molar-refractivity contribution in [1.29, 1.82) is 0 Å². The number of fused-ring (bicyclic) bond motifs is 1. The first-order valence-corrected chi connectivity index (χ1v) is 7.22. The molecule has 6 nitrogen and oxygen atoms in total. The molecule has 2 heterocycles. The minimum absolute atomic E-state index is 0.0924. The van der Waals surface area contributed by atoms with Gasteiger partial charge in [0.1, 0.15) is 17.2 Å². The second-order valence-corrected chi connectivity index (χ2v) is 4.81. The molecule has 0 aliphatic heterocycles. The van der Waals surface area contributed by atoms with E-state index in [0.29, 0.717) is 5.65 Å². The summed E-state index contributed by atoms with van der Waals surface area (Å²) in [7, 11) is 0. The monoisotopic (exact) mass is 328 g/mol. The van der Waals surface area contributed by atoms with Gasteiger partial charge in [-0.3, -0.25) is 9.20 Å². The minimum atomic E-state index is -0.848. The molecule has 0 bridgehead atoms. The quantitative estimate of drug-likeness (QED) is 0.689. The molecule has 0 spiro atoms. The Morgan fingerprint density at radius 3 is 2.83 bits per heavy atom. The van der Waals surface area contributed by atoms with E-state index < -0.39 is 17.3 Å². The summed E-state index contributed by atoms with van der Waals surface area (Å²) in [5.41, 5.74) is -0.669. The maximum absolute atomic E-state index is 13.3. The van der Waals surface area contributed by atoms with E-state index in [-0.39, 0.29) is 23.8 Å². The van der Waals surface area contributed by atoms with Crippen LogP contribution >= 0.6 is 0 Å². The molecule has 0 unspecified atom stereocenters. The number of esters is 1. The molecule has 0 fully saturated rings. The average Bonchev–Trinajstić information content (AvgIpc) is 2.55. The smallest absolute Gasteiger partial charge is 0.349 e. The van der Waals surface area contributed by atoms with Gasteiger partial charge < -0.3 is 9.47 Å². The number of pyridine rings is 1. The van der Waals surface area contributed by atoms with Crippen LogP contribution in [0.5, 0.6) is 11.6 Å². The van der Waals surface area contributed by atoms with E-state index in [9.17, 15) is 14.0 Å². The summed E-state index contributed by atoms with van der Waals surface area (Å²) in [6.07, 6.45) is 1.49. The zero-order valence-electron chi connectivity index (χ0n) is 12.7.